The Kier molecular flexibility index (Phi) is 9.59. The minimum absolute atomic E-state index is 0.157. The number of hydrogen-bond acceptors (Lipinski definition) is 4. The molecule has 2 amide bonds. The Bertz CT molecular complexity index is 450. The average molecular weight is 365 g/mol. The van der Waals surface area contributed by atoms with Gasteiger partial charge in [0.25, 0.3) is 0 Å². The summed E-state index contributed by atoms with van der Waals surface area (Å²) in [5, 5.41) is 0. The lowest BCUT2D eigenvalue weighted by Crippen LogP contribution is -2.27. The van der Waals surface area contributed by atoms with E-state index < -0.39 is 0 Å². The molecule has 0 aromatic rings. The van der Waals surface area contributed by atoms with Crippen LogP contribution < -0.4 is 11.5 Å². The highest BCUT2D eigenvalue weighted by Gasteiger charge is 2.32. The Morgan fingerprint density at radius 3 is 1.35 bits per heavy atom. The van der Waals surface area contributed by atoms with E-state index in [4.69, 9.17) is 11.5 Å². The van der Waals surface area contributed by atoms with Crippen LogP contribution in [0.4, 0.5) is 0 Å². The second kappa shape index (κ2) is 11.1. The molecule has 0 radical (unpaired) electrons. The second-order valence-corrected chi connectivity index (χ2v) is 7.41. The maximum atomic E-state index is 11.1. The van der Waals surface area contributed by atoms with E-state index in [1.165, 1.54) is 0 Å². The minimum Gasteiger partial charge on any atom is -0.342 e. The molecule has 26 heavy (non-hydrogen) atoms. The lowest BCUT2D eigenvalue weighted by Gasteiger charge is -2.12. The second-order valence-electron chi connectivity index (χ2n) is 7.41. The Labute approximate surface area is 158 Å². The summed E-state index contributed by atoms with van der Waals surface area (Å²) in [5.74, 6) is 2.27. The molecule has 0 bridgehead atoms. The number of rotatable bonds is 6. The smallest absolute Gasteiger partial charge is 0.219 e. The topological polar surface area (TPSA) is 92.7 Å². The molecule has 0 aliphatic carbocycles. The molecule has 6 heteroatoms. The summed E-state index contributed by atoms with van der Waals surface area (Å²) in [6, 6.07) is 0. The molecule has 2 rings (SSSR count). The third-order valence-corrected chi connectivity index (χ3v) is 5.59. The monoisotopic (exact) mass is 364 g/mol. The van der Waals surface area contributed by atoms with Gasteiger partial charge in [-0.2, -0.15) is 0 Å². The first-order valence-electron chi connectivity index (χ1n) is 9.50. The largest absolute Gasteiger partial charge is 0.342 e. The lowest BCUT2D eigenvalue weighted by molar-refractivity contribution is -0.128. The SMILES string of the molecule is C=CC[C@@H]1CN(C(C)=O)C[C@H]1CN.C=CC[C@H]1CN(C(C)=O)C[C@@H]1CN. The number of hydrogen-bond donors (Lipinski definition) is 2. The summed E-state index contributed by atoms with van der Waals surface area (Å²) >= 11 is 0. The summed E-state index contributed by atoms with van der Waals surface area (Å²) in [6.07, 6.45) is 5.76. The normalized spacial score (nSPS) is 27.7. The van der Waals surface area contributed by atoms with Crippen LogP contribution in [0.1, 0.15) is 26.7 Å². The third-order valence-electron chi connectivity index (χ3n) is 5.59. The summed E-state index contributed by atoms with van der Waals surface area (Å²) in [6.45, 7) is 15.4. The van der Waals surface area contributed by atoms with E-state index in [2.05, 4.69) is 13.2 Å². The molecule has 0 aromatic heterocycles. The number of carbonyl (C=O) groups is 2. The molecule has 4 atom stereocenters. The van der Waals surface area contributed by atoms with Crippen molar-refractivity contribution in [2.45, 2.75) is 26.7 Å². The van der Waals surface area contributed by atoms with Crippen LogP contribution in [0.25, 0.3) is 0 Å². The molecule has 0 saturated carbocycles. The molecule has 6 nitrogen and oxygen atoms in total. The van der Waals surface area contributed by atoms with Gasteiger partial charge in [0.1, 0.15) is 0 Å². The van der Waals surface area contributed by atoms with Crippen molar-refractivity contribution in [1.82, 2.24) is 9.80 Å². The van der Waals surface area contributed by atoms with Gasteiger partial charge in [-0.05, 0) is 49.6 Å². The van der Waals surface area contributed by atoms with Gasteiger partial charge in [-0.3, -0.25) is 9.59 Å². The Morgan fingerprint density at radius 1 is 0.808 bits per heavy atom. The van der Waals surface area contributed by atoms with Gasteiger partial charge in [0.05, 0.1) is 0 Å². The molecule has 4 N–H and O–H groups in total. The standard InChI is InChI=1S/2C10H18N2O/c2*1-3-4-9-6-12(8(2)13)7-10(9)5-11/h2*3,9-10H,1,4-7,11H2,2H3/t2*9-,10-/m10/s1. The molecular formula is C20H36N4O2. The molecule has 2 aliphatic heterocycles. The Morgan fingerprint density at radius 2 is 1.12 bits per heavy atom. The first-order valence-corrected chi connectivity index (χ1v) is 9.50. The van der Waals surface area contributed by atoms with Gasteiger partial charge < -0.3 is 21.3 Å². The molecule has 2 saturated heterocycles. The molecule has 2 heterocycles. The molecule has 0 unspecified atom stereocenters. The van der Waals surface area contributed by atoms with E-state index in [1.807, 2.05) is 22.0 Å². The highest BCUT2D eigenvalue weighted by Crippen LogP contribution is 2.26. The number of allylic oxidation sites excluding steroid dienone is 2. The predicted molar refractivity (Wildman–Crippen MR) is 106 cm³/mol. The van der Waals surface area contributed by atoms with E-state index in [-0.39, 0.29) is 11.8 Å². The Balaban J connectivity index is 0.000000260. The van der Waals surface area contributed by atoms with Gasteiger partial charge in [0.15, 0.2) is 0 Å². The van der Waals surface area contributed by atoms with Crippen molar-refractivity contribution in [1.29, 1.82) is 0 Å². The molecule has 2 aliphatic rings. The van der Waals surface area contributed by atoms with Gasteiger partial charge >= 0.3 is 0 Å². The van der Waals surface area contributed by atoms with Crippen molar-refractivity contribution >= 4 is 11.8 Å². The summed E-state index contributed by atoms with van der Waals surface area (Å²) in [4.78, 5) is 26.0. The predicted octanol–water partition coefficient (Wildman–Crippen LogP) is 1.23. The van der Waals surface area contributed by atoms with Crippen LogP contribution in [0.15, 0.2) is 25.3 Å². The fraction of sp³-hybridized carbons (Fsp3) is 0.700. The summed E-state index contributed by atoms with van der Waals surface area (Å²) < 4.78 is 0. The number of carbonyl (C=O) groups excluding carboxylic acids is 2. The number of amides is 2. The Hall–Kier alpha value is -1.66. The van der Waals surface area contributed by atoms with Crippen LogP contribution in [0, 0.1) is 23.7 Å². The maximum Gasteiger partial charge on any atom is 0.219 e. The fourth-order valence-electron chi connectivity index (χ4n) is 3.89. The third kappa shape index (κ3) is 6.25. The van der Waals surface area contributed by atoms with Crippen LogP contribution in [0.3, 0.4) is 0 Å². The van der Waals surface area contributed by atoms with Crippen molar-refractivity contribution in [2.24, 2.45) is 35.1 Å². The van der Waals surface area contributed by atoms with Gasteiger partial charge in [0, 0.05) is 40.0 Å². The zero-order chi connectivity index (χ0) is 19.7. The number of likely N-dealkylation sites (tertiary alicyclic amines) is 2. The van der Waals surface area contributed by atoms with Crippen LogP contribution in [0.5, 0.6) is 0 Å². The van der Waals surface area contributed by atoms with Crippen molar-refractivity contribution < 1.29 is 9.59 Å². The van der Waals surface area contributed by atoms with Gasteiger partial charge in [0.2, 0.25) is 11.8 Å². The molecular weight excluding hydrogens is 328 g/mol. The highest BCUT2D eigenvalue weighted by atomic mass is 16.2. The quantitative estimate of drug-likeness (QED) is 0.693. The van der Waals surface area contributed by atoms with E-state index in [0.717, 1.165) is 39.0 Å². The van der Waals surface area contributed by atoms with Crippen molar-refractivity contribution in [3.05, 3.63) is 25.3 Å². The first kappa shape index (κ1) is 22.4. The molecule has 0 spiro atoms. The average Bonchev–Trinajstić information content (AvgIpc) is 3.20. The van der Waals surface area contributed by atoms with Crippen molar-refractivity contribution in [2.75, 3.05) is 39.3 Å². The van der Waals surface area contributed by atoms with Crippen molar-refractivity contribution in [3.8, 4) is 0 Å². The zero-order valence-corrected chi connectivity index (χ0v) is 16.4. The number of nitrogens with zero attached hydrogens (tertiary/aromatic N) is 2. The summed E-state index contributed by atoms with van der Waals surface area (Å²) in [5.41, 5.74) is 11.3. The van der Waals surface area contributed by atoms with Crippen LogP contribution in [0.2, 0.25) is 0 Å². The minimum atomic E-state index is 0.157. The summed E-state index contributed by atoms with van der Waals surface area (Å²) in [7, 11) is 0. The lowest BCUT2D eigenvalue weighted by atomic mass is 9.93. The van der Waals surface area contributed by atoms with Gasteiger partial charge in [-0.15, -0.1) is 13.2 Å². The van der Waals surface area contributed by atoms with E-state index >= 15 is 0 Å². The van der Waals surface area contributed by atoms with Crippen LogP contribution in [-0.2, 0) is 9.59 Å². The van der Waals surface area contributed by atoms with E-state index in [0.29, 0.717) is 36.8 Å². The van der Waals surface area contributed by atoms with Gasteiger partial charge in [-0.25, -0.2) is 0 Å². The van der Waals surface area contributed by atoms with Gasteiger partial charge in [-0.1, -0.05) is 12.2 Å². The zero-order valence-electron chi connectivity index (χ0n) is 16.4. The number of nitrogens with two attached hydrogens (primary N) is 2. The fourth-order valence-corrected chi connectivity index (χ4v) is 3.89. The molecule has 2 fully saturated rings. The maximum absolute atomic E-state index is 11.1. The van der Waals surface area contributed by atoms with Crippen LogP contribution >= 0.6 is 0 Å². The van der Waals surface area contributed by atoms with E-state index in [9.17, 15) is 9.59 Å². The van der Waals surface area contributed by atoms with E-state index in [1.54, 1.807) is 13.8 Å². The first-order chi connectivity index (χ1) is 12.4. The molecule has 0 aromatic carbocycles. The van der Waals surface area contributed by atoms with Crippen molar-refractivity contribution in [3.63, 3.8) is 0 Å². The molecule has 148 valence electrons. The highest BCUT2D eigenvalue weighted by molar-refractivity contribution is 5.73. The van der Waals surface area contributed by atoms with Crippen LogP contribution in [-0.4, -0.2) is 60.9 Å².